The third kappa shape index (κ3) is 2.87. The van der Waals surface area contributed by atoms with Gasteiger partial charge in [-0.1, -0.05) is 33.3 Å². The van der Waals surface area contributed by atoms with E-state index >= 15 is 0 Å². The molecule has 0 fully saturated rings. The summed E-state index contributed by atoms with van der Waals surface area (Å²) in [5, 5.41) is 10.1. The van der Waals surface area contributed by atoms with E-state index in [0.717, 1.165) is 32.1 Å². The van der Waals surface area contributed by atoms with Gasteiger partial charge in [0.1, 0.15) is 0 Å². The van der Waals surface area contributed by atoms with Gasteiger partial charge in [0, 0.05) is 6.42 Å². The summed E-state index contributed by atoms with van der Waals surface area (Å²) in [6.07, 6.45) is 7.60. The Kier molecular flexibility index (Phi) is 4.01. The number of hydrogen-bond donors (Lipinski definition) is 1. The molecular weight excluding hydrogens is 184 g/mol. The number of rotatable bonds is 3. The second kappa shape index (κ2) is 4.87. The van der Waals surface area contributed by atoms with E-state index in [4.69, 9.17) is 0 Å². The average molecular weight is 208 g/mol. The molecule has 0 aromatic heterocycles. The van der Waals surface area contributed by atoms with Gasteiger partial charge in [-0.05, 0) is 42.7 Å². The van der Waals surface area contributed by atoms with E-state index in [9.17, 15) is 5.11 Å². The van der Waals surface area contributed by atoms with Crippen LogP contribution in [0.5, 0.6) is 0 Å². The van der Waals surface area contributed by atoms with Crippen LogP contribution in [0.2, 0.25) is 0 Å². The first-order valence-corrected chi connectivity index (χ1v) is 6.08. The highest BCUT2D eigenvalue weighted by Crippen LogP contribution is 2.42. The van der Waals surface area contributed by atoms with Gasteiger partial charge in [0.25, 0.3) is 0 Å². The molecule has 1 aliphatic carbocycles. The van der Waals surface area contributed by atoms with Crippen molar-refractivity contribution in [3.63, 3.8) is 0 Å². The van der Waals surface area contributed by atoms with E-state index in [1.165, 1.54) is 11.1 Å². The molecule has 1 nitrogen and oxygen atoms in total. The maximum atomic E-state index is 10.1. The Labute approximate surface area is 93.9 Å². The normalized spacial score (nSPS) is 23.6. The van der Waals surface area contributed by atoms with E-state index in [1.54, 1.807) is 0 Å². The summed E-state index contributed by atoms with van der Waals surface area (Å²) < 4.78 is 0. The van der Waals surface area contributed by atoms with Crippen LogP contribution in [0.25, 0.3) is 0 Å². The quantitative estimate of drug-likeness (QED) is 0.663. The molecule has 0 saturated heterocycles. The van der Waals surface area contributed by atoms with Gasteiger partial charge in [0.2, 0.25) is 0 Å². The highest BCUT2D eigenvalue weighted by molar-refractivity contribution is 5.38. The first-order valence-electron chi connectivity index (χ1n) is 6.08. The fourth-order valence-electron chi connectivity index (χ4n) is 2.50. The molecule has 0 spiro atoms. The van der Waals surface area contributed by atoms with Gasteiger partial charge in [-0.2, -0.15) is 0 Å². The minimum Gasteiger partial charge on any atom is -0.512 e. The molecule has 0 atom stereocenters. The van der Waals surface area contributed by atoms with Crippen LogP contribution in [0.4, 0.5) is 0 Å². The Morgan fingerprint density at radius 3 is 2.67 bits per heavy atom. The summed E-state index contributed by atoms with van der Waals surface area (Å²) in [5.41, 5.74) is 2.62. The van der Waals surface area contributed by atoms with Crippen LogP contribution in [0, 0.1) is 5.41 Å². The molecule has 0 aromatic rings. The molecule has 1 rings (SSSR count). The lowest BCUT2D eigenvalue weighted by molar-refractivity contribution is 0.328. The zero-order valence-electron chi connectivity index (χ0n) is 10.6. The van der Waals surface area contributed by atoms with Crippen LogP contribution < -0.4 is 0 Å². The van der Waals surface area contributed by atoms with Crippen LogP contribution in [0.15, 0.2) is 23.0 Å². The molecule has 0 heterocycles. The van der Waals surface area contributed by atoms with Crippen LogP contribution in [0.1, 0.15) is 59.8 Å². The van der Waals surface area contributed by atoms with Crippen LogP contribution >= 0.6 is 0 Å². The summed E-state index contributed by atoms with van der Waals surface area (Å²) in [6, 6.07) is 0. The topological polar surface area (TPSA) is 20.2 Å². The van der Waals surface area contributed by atoms with Crippen molar-refractivity contribution >= 4 is 0 Å². The zero-order chi connectivity index (χ0) is 11.5. The van der Waals surface area contributed by atoms with Crippen molar-refractivity contribution in [3.05, 3.63) is 23.0 Å². The predicted octanol–water partition coefficient (Wildman–Crippen LogP) is 4.76. The smallest absolute Gasteiger partial charge is 0.0962 e. The van der Waals surface area contributed by atoms with Crippen molar-refractivity contribution in [2.45, 2.75) is 59.8 Å². The molecule has 1 aliphatic rings. The molecule has 0 radical (unpaired) electrons. The highest BCUT2D eigenvalue weighted by atomic mass is 16.3. The molecule has 1 N–H and O–H groups in total. The zero-order valence-corrected chi connectivity index (χ0v) is 10.6. The van der Waals surface area contributed by atoms with Gasteiger partial charge in [0.15, 0.2) is 0 Å². The third-order valence-corrected chi connectivity index (χ3v) is 3.35. The van der Waals surface area contributed by atoms with Crippen LogP contribution in [0.3, 0.4) is 0 Å². The van der Waals surface area contributed by atoms with Crippen molar-refractivity contribution < 1.29 is 5.11 Å². The Morgan fingerprint density at radius 1 is 1.47 bits per heavy atom. The molecule has 0 aromatic carbocycles. The molecule has 0 amide bonds. The van der Waals surface area contributed by atoms with Gasteiger partial charge >= 0.3 is 0 Å². The van der Waals surface area contributed by atoms with Gasteiger partial charge in [-0.25, -0.2) is 0 Å². The van der Waals surface area contributed by atoms with E-state index in [2.05, 4.69) is 33.8 Å². The van der Waals surface area contributed by atoms with Gasteiger partial charge in [-0.3, -0.25) is 0 Å². The largest absolute Gasteiger partial charge is 0.512 e. The molecular formula is C14H24O. The summed E-state index contributed by atoms with van der Waals surface area (Å²) in [7, 11) is 0. The fraction of sp³-hybridized carbons (Fsp3) is 0.714. The van der Waals surface area contributed by atoms with Crippen molar-refractivity contribution in [3.8, 4) is 0 Å². The Hall–Kier alpha value is -0.720. The van der Waals surface area contributed by atoms with E-state index in [1.807, 2.05) is 0 Å². The van der Waals surface area contributed by atoms with Crippen LogP contribution in [-0.2, 0) is 0 Å². The molecule has 0 bridgehead atoms. The minimum atomic E-state index is 0.149. The van der Waals surface area contributed by atoms with E-state index < -0.39 is 0 Å². The standard InChI is InChI=1S/C14H24O/c1-5-6-9-12(15)13-11(2)8-7-10-14(13,3)4/h8,15H,5-7,9-10H2,1-4H3/b13-12-. The number of aliphatic hydroxyl groups excluding tert-OH is 1. The molecule has 15 heavy (non-hydrogen) atoms. The molecule has 1 heteroatoms. The minimum absolute atomic E-state index is 0.149. The lowest BCUT2D eigenvalue weighted by Crippen LogP contribution is -2.20. The second-order valence-electron chi connectivity index (χ2n) is 5.23. The molecule has 0 saturated carbocycles. The number of allylic oxidation sites excluding steroid dienone is 4. The van der Waals surface area contributed by atoms with Gasteiger partial charge < -0.3 is 5.11 Å². The Balaban J connectivity index is 2.96. The lowest BCUT2D eigenvalue weighted by Gasteiger charge is -2.33. The third-order valence-electron chi connectivity index (χ3n) is 3.35. The highest BCUT2D eigenvalue weighted by Gasteiger charge is 2.29. The Bertz CT molecular complexity index is 282. The molecule has 0 unspecified atom stereocenters. The molecule has 86 valence electrons. The van der Waals surface area contributed by atoms with Gasteiger partial charge in [-0.15, -0.1) is 0 Å². The Morgan fingerprint density at radius 2 is 2.13 bits per heavy atom. The molecule has 0 aliphatic heterocycles. The van der Waals surface area contributed by atoms with Crippen molar-refractivity contribution in [1.29, 1.82) is 0 Å². The second-order valence-corrected chi connectivity index (χ2v) is 5.23. The maximum absolute atomic E-state index is 10.1. The summed E-state index contributed by atoms with van der Waals surface area (Å²) >= 11 is 0. The SMILES string of the molecule is CCCC/C(O)=C1\C(C)=CCCC1(C)C. The van der Waals surface area contributed by atoms with Crippen molar-refractivity contribution in [2.75, 3.05) is 0 Å². The summed E-state index contributed by atoms with van der Waals surface area (Å²) in [6.45, 7) is 8.76. The fourth-order valence-corrected chi connectivity index (χ4v) is 2.50. The number of unbranched alkanes of at least 4 members (excludes halogenated alkanes) is 1. The number of aliphatic hydroxyl groups is 1. The summed E-state index contributed by atoms with van der Waals surface area (Å²) in [4.78, 5) is 0. The number of hydrogen-bond acceptors (Lipinski definition) is 1. The van der Waals surface area contributed by atoms with E-state index in [0.29, 0.717) is 5.76 Å². The average Bonchev–Trinajstić information content (AvgIpc) is 2.13. The summed E-state index contributed by atoms with van der Waals surface area (Å²) in [5.74, 6) is 0.621. The van der Waals surface area contributed by atoms with Gasteiger partial charge in [0.05, 0.1) is 5.76 Å². The van der Waals surface area contributed by atoms with Crippen molar-refractivity contribution in [1.82, 2.24) is 0 Å². The first kappa shape index (κ1) is 12.4. The van der Waals surface area contributed by atoms with Crippen LogP contribution in [-0.4, -0.2) is 5.11 Å². The lowest BCUT2D eigenvalue weighted by atomic mass is 9.72. The predicted molar refractivity (Wildman–Crippen MR) is 66.0 cm³/mol. The monoisotopic (exact) mass is 208 g/mol. The van der Waals surface area contributed by atoms with E-state index in [-0.39, 0.29) is 5.41 Å². The van der Waals surface area contributed by atoms with Crippen molar-refractivity contribution in [2.24, 2.45) is 5.41 Å². The maximum Gasteiger partial charge on any atom is 0.0962 e. The first-order chi connectivity index (χ1) is 6.99.